The van der Waals surface area contributed by atoms with E-state index in [2.05, 4.69) is 0 Å². The number of aryl methyl sites for hydroxylation is 1. The number of carboxylic acid groups (broad SMARTS) is 1. The van der Waals surface area contributed by atoms with E-state index >= 15 is 0 Å². The third-order valence-corrected chi connectivity index (χ3v) is 2.35. The van der Waals surface area contributed by atoms with Crippen molar-refractivity contribution in [2.45, 2.75) is 32.1 Å². The molecule has 1 aromatic rings. The average molecular weight is 228 g/mol. The normalized spacial score (nSPS) is 10.4. The molecule has 0 saturated carbocycles. The Morgan fingerprint density at radius 2 is 1.94 bits per heavy atom. The maximum Gasteiger partial charge on any atom is 0.303 e. The molecule has 1 rings (SSSR count). The maximum absolute atomic E-state index is 13.2. The van der Waals surface area contributed by atoms with Crippen LogP contribution in [0.25, 0.3) is 0 Å². The van der Waals surface area contributed by atoms with Crippen molar-refractivity contribution in [3.63, 3.8) is 0 Å². The SMILES string of the molecule is O=C(O)CCCCCc1ccc(F)cc1F. The van der Waals surface area contributed by atoms with Crippen molar-refractivity contribution in [3.05, 3.63) is 35.4 Å². The van der Waals surface area contributed by atoms with E-state index in [1.807, 2.05) is 0 Å². The zero-order valence-corrected chi connectivity index (χ0v) is 8.88. The average Bonchev–Trinajstić information content (AvgIpc) is 2.20. The molecular formula is C12H14F2O2. The number of benzene rings is 1. The van der Waals surface area contributed by atoms with Gasteiger partial charge in [0.05, 0.1) is 0 Å². The fourth-order valence-electron chi connectivity index (χ4n) is 1.49. The minimum absolute atomic E-state index is 0.145. The minimum Gasteiger partial charge on any atom is -0.481 e. The first-order chi connectivity index (χ1) is 7.59. The van der Waals surface area contributed by atoms with Crippen molar-refractivity contribution in [1.29, 1.82) is 0 Å². The topological polar surface area (TPSA) is 37.3 Å². The summed E-state index contributed by atoms with van der Waals surface area (Å²) in [4.78, 5) is 10.2. The predicted molar refractivity (Wildman–Crippen MR) is 56.2 cm³/mol. The number of rotatable bonds is 6. The lowest BCUT2D eigenvalue weighted by Gasteiger charge is -2.02. The number of unbranched alkanes of at least 4 members (excludes halogenated alkanes) is 2. The van der Waals surface area contributed by atoms with Gasteiger partial charge in [0.2, 0.25) is 0 Å². The highest BCUT2D eigenvalue weighted by Crippen LogP contribution is 2.13. The van der Waals surface area contributed by atoms with Gasteiger partial charge < -0.3 is 5.11 Å². The first-order valence-corrected chi connectivity index (χ1v) is 5.25. The van der Waals surface area contributed by atoms with E-state index in [1.165, 1.54) is 12.1 Å². The summed E-state index contributed by atoms with van der Waals surface area (Å²) >= 11 is 0. The fraction of sp³-hybridized carbons (Fsp3) is 0.417. The third kappa shape index (κ3) is 4.38. The molecule has 0 heterocycles. The summed E-state index contributed by atoms with van der Waals surface area (Å²) < 4.78 is 25.7. The number of hydrogen-bond acceptors (Lipinski definition) is 1. The molecule has 0 aliphatic rings. The number of halogens is 2. The predicted octanol–water partition coefficient (Wildman–Crippen LogP) is 3.15. The van der Waals surface area contributed by atoms with Crippen LogP contribution < -0.4 is 0 Å². The van der Waals surface area contributed by atoms with Crippen LogP contribution in [0.5, 0.6) is 0 Å². The highest BCUT2D eigenvalue weighted by Gasteiger charge is 2.03. The molecule has 88 valence electrons. The molecule has 1 N–H and O–H groups in total. The van der Waals surface area contributed by atoms with Crippen LogP contribution in [0.4, 0.5) is 8.78 Å². The van der Waals surface area contributed by atoms with E-state index in [4.69, 9.17) is 5.11 Å². The summed E-state index contributed by atoms with van der Waals surface area (Å²) in [6.07, 6.45) is 2.72. The van der Waals surface area contributed by atoms with Gasteiger partial charge in [0.1, 0.15) is 11.6 Å². The van der Waals surface area contributed by atoms with Crippen molar-refractivity contribution in [2.75, 3.05) is 0 Å². The second-order valence-corrected chi connectivity index (χ2v) is 3.69. The highest BCUT2D eigenvalue weighted by atomic mass is 19.1. The molecule has 0 bridgehead atoms. The largest absolute Gasteiger partial charge is 0.481 e. The summed E-state index contributed by atoms with van der Waals surface area (Å²) in [7, 11) is 0. The van der Waals surface area contributed by atoms with Crippen molar-refractivity contribution < 1.29 is 18.7 Å². The smallest absolute Gasteiger partial charge is 0.303 e. The fourth-order valence-corrected chi connectivity index (χ4v) is 1.49. The Morgan fingerprint density at radius 3 is 2.56 bits per heavy atom. The monoisotopic (exact) mass is 228 g/mol. The molecule has 0 fully saturated rings. The molecule has 0 saturated heterocycles. The van der Waals surface area contributed by atoms with E-state index < -0.39 is 17.6 Å². The Hall–Kier alpha value is -1.45. The van der Waals surface area contributed by atoms with Gasteiger partial charge in [0, 0.05) is 12.5 Å². The van der Waals surface area contributed by atoms with Crippen LogP contribution in [0, 0.1) is 11.6 Å². The van der Waals surface area contributed by atoms with Gasteiger partial charge in [-0.25, -0.2) is 8.78 Å². The van der Waals surface area contributed by atoms with Crippen LogP contribution >= 0.6 is 0 Å². The van der Waals surface area contributed by atoms with Crippen LogP contribution in [-0.4, -0.2) is 11.1 Å². The number of carbonyl (C=O) groups is 1. The lowest BCUT2D eigenvalue weighted by molar-refractivity contribution is -0.137. The van der Waals surface area contributed by atoms with E-state index in [9.17, 15) is 13.6 Å². The maximum atomic E-state index is 13.2. The van der Waals surface area contributed by atoms with Crippen LogP contribution in [0.1, 0.15) is 31.2 Å². The summed E-state index contributed by atoms with van der Waals surface area (Å²) in [5.41, 5.74) is 0.483. The molecule has 0 spiro atoms. The second-order valence-electron chi connectivity index (χ2n) is 3.69. The van der Waals surface area contributed by atoms with E-state index in [-0.39, 0.29) is 6.42 Å². The number of carboxylic acids is 1. The van der Waals surface area contributed by atoms with E-state index in [0.717, 1.165) is 18.9 Å². The summed E-state index contributed by atoms with van der Waals surface area (Å²) in [5, 5.41) is 8.40. The second kappa shape index (κ2) is 6.20. The molecule has 0 aromatic heterocycles. The Labute approximate surface area is 92.9 Å². The summed E-state index contributed by atoms with van der Waals surface area (Å²) in [6.45, 7) is 0. The lowest BCUT2D eigenvalue weighted by atomic mass is 10.1. The number of aliphatic carboxylic acids is 1. The molecule has 0 radical (unpaired) electrons. The van der Waals surface area contributed by atoms with Gasteiger partial charge in [0.25, 0.3) is 0 Å². The van der Waals surface area contributed by atoms with Crippen molar-refractivity contribution >= 4 is 5.97 Å². The van der Waals surface area contributed by atoms with E-state index in [0.29, 0.717) is 18.4 Å². The van der Waals surface area contributed by atoms with Gasteiger partial charge >= 0.3 is 5.97 Å². The molecule has 0 aliphatic heterocycles. The zero-order chi connectivity index (χ0) is 12.0. The standard InChI is InChI=1S/C12H14F2O2/c13-10-7-6-9(11(14)8-10)4-2-1-3-5-12(15)16/h6-8H,1-5H2,(H,15,16). The first kappa shape index (κ1) is 12.6. The van der Waals surface area contributed by atoms with Crippen LogP contribution in [0.3, 0.4) is 0 Å². The molecule has 1 aromatic carbocycles. The Morgan fingerprint density at radius 1 is 1.19 bits per heavy atom. The quantitative estimate of drug-likeness (QED) is 0.759. The summed E-state index contributed by atoms with van der Waals surface area (Å²) in [6, 6.07) is 3.53. The molecule has 0 unspecified atom stereocenters. The van der Waals surface area contributed by atoms with Gasteiger partial charge in [-0.3, -0.25) is 4.79 Å². The molecule has 0 atom stereocenters. The lowest BCUT2D eigenvalue weighted by Crippen LogP contribution is -1.95. The van der Waals surface area contributed by atoms with Crippen LogP contribution in [0.15, 0.2) is 18.2 Å². The Kier molecular flexibility index (Phi) is 4.89. The van der Waals surface area contributed by atoms with Crippen LogP contribution in [0.2, 0.25) is 0 Å². The molecule has 16 heavy (non-hydrogen) atoms. The first-order valence-electron chi connectivity index (χ1n) is 5.25. The Balaban J connectivity index is 2.29. The summed E-state index contributed by atoms with van der Waals surface area (Å²) in [5.74, 6) is -1.92. The van der Waals surface area contributed by atoms with Crippen LogP contribution in [-0.2, 0) is 11.2 Å². The third-order valence-electron chi connectivity index (χ3n) is 2.35. The molecule has 4 heteroatoms. The number of hydrogen-bond donors (Lipinski definition) is 1. The van der Waals surface area contributed by atoms with Crippen molar-refractivity contribution in [3.8, 4) is 0 Å². The van der Waals surface area contributed by atoms with Crippen molar-refractivity contribution in [2.24, 2.45) is 0 Å². The van der Waals surface area contributed by atoms with Gasteiger partial charge in [-0.05, 0) is 30.9 Å². The molecular weight excluding hydrogens is 214 g/mol. The zero-order valence-electron chi connectivity index (χ0n) is 8.88. The van der Waals surface area contributed by atoms with Gasteiger partial charge in [-0.15, -0.1) is 0 Å². The van der Waals surface area contributed by atoms with E-state index in [1.54, 1.807) is 0 Å². The van der Waals surface area contributed by atoms with Crippen molar-refractivity contribution in [1.82, 2.24) is 0 Å². The highest BCUT2D eigenvalue weighted by molar-refractivity contribution is 5.66. The molecule has 0 aliphatic carbocycles. The van der Waals surface area contributed by atoms with Gasteiger partial charge in [-0.1, -0.05) is 12.5 Å². The van der Waals surface area contributed by atoms with Gasteiger partial charge in [0.15, 0.2) is 0 Å². The van der Waals surface area contributed by atoms with Gasteiger partial charge in [-0.2, -0.15) is 0 Å². The minimum atomic E-state index is -0.812. The Bertz CT molecular complexity index is 364. The molecule has 0 amide bonds. The molecule has 2 nitrogen and oxygen atoms in total.